The summed E-state index contributed by atoms with van der Waals surface area (Å²) in [6, 6.07) is 26.2. The van der Waals surface area contributed by atoms with Crippen molar-refractivity contribution in [1.82, 2.24) is 14.9 Å². The minimum atomic E-state index is -0.120. The molecule has 1 fully saturated rings. The van der Waals surface area contributed by atoms with Crippen LogP contribution < -0.4 is 15.0 Å². The number of benzene rings is 3. The van der Waals surface area contributed by atoms with E-state index in [4.69, 9.17) is 14.7 Å². The van der Waals surface area contributed by atoms with Crippen molar-refractivity contribution < 1.29 is 9.53 Å². The first kappa shape index (κ1) is 26.2. The van der Waals surface area contributed by atoms with Crippen molar-refractivity contribution in [3.63, 3.8) is 0 Å². The molecule has 0 aliphatic carbocycles. The first-order valence-electron chi connectivity index (χ1n) is 13.5. The first-order chi connectivity index (χ1) is 19.0. The van der Waals surface area contributed by atoms with E-state index in [0.29, 0.717) is 44.2 Å². The number of para-hydroxylation sites is 2. The van der Waals surface area contributed by atoms with E-state index in [-0.39, 0.29) is 6.03 Å². The smallest absolute Gasteiger partial charge is 0.322 e. The third-order valence-corrected chi connectivity index (χ3v) is 6.99. The zero-order chi connectivity index (χ0) is 27.2. The lowest BCUT2D eigenvalue weighted by atomic mass is 10.0. The summed E-state index contributed by atoms with van der Waals surface area (Å²) in [4.78, 5) is 27.3. The van der Waals surface area contributed by atoms with E-state index >= 15 is 0 Å². The van der Waals surface area contributed by atoms with Gasteiger partial charge >= 0.3 is 6.03 Å². The Morgan fingerprint density at radius 2 is 1.64 bits per heavy atom. The molecule has 3 aromatic carbocycles. The third-order valence-electron chi connectivity index (χ3n) is 6.99. The number of hydrogen-bond acceptors (Lipinski definition) is 5. The highest BCUT2D eigenvalue weighted by molar-refractivity contribution is 5.91. The van der Waals surface area contributed by atoms with E-state index in [9.17, 15) is 4.79 Å². The summed E-state index contributed by atoms with van der Waals surface area (Å²) in [5.41, 5.74) is 6.20. The van der Waals surface area contributed by atoms with Gasteiger partial charge in [-0.05, 0) is 44.5 Å². The number of urea groups is 1. The summed E-state index contributed by atoms with van der Waals surface area (Å²) < 4.78 is 5.67. The van der Waals surface area contributed by atoms with Crippen molar-refractivity contribution in [2.45, 2.75) is 27.2 Å². The first-order valence-corrected chi connectivity index (χ1v) is 13.5. The van der Waals surface area contributed by atoms with Gasteiger partial charge in [-0.1, -0.05) is 66.2 Å². The zero-order valence-corrected chi connectivity index (χ0v) is 22.9. The topological polar surface area (TPSA) is 70.6 Å². The number of rotatable bonds is 7. The van der Waals surface area contributed by atoms with Crippen LogP contribution in [0.3, 0.4) is 0 Å². The maximum Gasteiger partial charge on any atom is 0.322 e. The largest absolute Gasteiger partial charge is 0.492 e. The predicted molar refractivity (Wildman–Crippen MR) is 157 cm³/mol. The molecule has 0 atom stereocenters. The second-order valence-corrected chi connectivity index (χ2v) is 9.80. The van der Waals surface area contributed by atoms with Gasteiger partial charge in [0, 0.05) is 49.4 Å². The molecular weight excluding hydrogens is 486 g/mol. The molecule has 4 aromatic rings. The number of nitrogens with one attached hydrogen (secondary N) is 1. The van der Waals surface area contributed by atoms with Gasteiger partial charge in [-0.2, -0.15) is 0 Å². The normalized spacial score (nSPS) is 13.3. The quantitative estimate of drug-likeness (QED) is 0.318. The van der Waals surface area contributed by atoms with Crippen LogP contribution in [-0.4, -0.2) is 53.7 Å². The summed E-state index contributed by atoms with van der Waals surface area (Å²) in [6.45, 7) is 9.19. The van der Waals surface area contributed by atoms with Crippen molar-refractivity contribution >= 4 is 17.5 Å². The fraction of sp³-hybridized carbons (Fsp3) is 0.281. The number of carbonyl (C=O) groups is 1. The lowest BCUT2D eigenvalue weighted by molar-refractivity contribution is 0.208. The van der Waals surface area contributed by atoms with Crippen LogP contribution in [-0.2, 0) is 6.42 Å². The second kappa shape index (κ2) is 12.0. The molecule has 7 nitrogen and oxygen atoms in total. The van der Waals surface area contributed by atoms with Crippen molar-refractivity contribution in [2.24, 2.45) is 0 Å². The third kappa shape index (κ3) is 6.20. The molecule has 2 amide bonds. The van der Waals surface area contributed by atoms with Crippen molar-refractivity contribution in [3.8, 4) is 17.1 Å². The summed E-state index contributed by atoms with van der Waals surface area (Å²) in [5.74, 6) is 2.36. The van der Waals surface area contributed by atoms with Crippen LogP contribution in [0.15, 0.2) is 78.9 Å². The van der Waals surface area contributed by atoms with Crippen molar-refractivity contribution in [2.75, 3.05) is 43.0 Å². The second-order valence-electron chi connectivity index (χ2n) is 9.80. The Kier molecular flexibility index (Phi) is 8.06. The summed E-state index contributed by atoms with van der Waals surface area (Å²) in [5, 5.41) is 3.03. The molecule has 1 aromatic heterocycles. The fourth-order valence-corrected chi connectivity index (χ4v) is 4.93. The Bertz CT molecular complexity index is 1430. The van der Waals surface area contributed by atoms with Gasteiger partial charge in [-0.25, -0.2) is 14.8 Å². The molecule has 1 aliphatic rings. The van der Waals surface area contributed by atoms with Crippen LogP contribution >= 0.6 is 0 Å². The van der Waals surface area contributed by atoms with Crippen LogP contribution in [0, 0.1) is 13.8 Å². The highest BCUT2D eigenvalue weighted by Gasteiger charge is 2.26. The maximum atomic E-state index is 13.1. The number of carbonyl (C=O) groups excluding carboxylic acids is 1. The van der Waals surface area contributed by atoms with E-state index in [2.05, 4.69) is 66.5 Å². The summed E-state index contributed by atoms with van der Waals surface area (Å²) >= 11 is 0. The molecule has 2 heterocycles. The van der Waals surface area contributed by atoms with Gasteiger partial charge in [0.1, 0.15) is 11.6 Å². The molecule has 0 radical (unpaired) electrons. The zero-order valence-electron chi connectivity index (χ0n) is 22.9. The summed E-state index contributed by atoms with van der Waals surface area (Å²) in [7, 11) is 0. The number of amides is 2. The van der Waals surface area contributed by atoms with E-state index in [1.54, 1.807) is 0 Å². The van der Waals surface area contributed by atoms with Crippen LogP contribution in [0.25, 0.3) is 11.4 Å². The van der Waals surface area contributed by atoms with Gasteiger partial charge in [-0.3, -0.25) is 0 Å². The molecule has 0 unspecified atom stereocenters. The average Bonchev–Trinajstić information content (AvgIpc) is 2.96. The van der Waals surface area contributed by atoms with Crippen LogP contribution in [0.5, 0.6) is 5.75 Å². The molecule has 1 N–H and O–H groups in total. The Morgan fingerprint density at radius 3 is 2.38 bits per heavy atom. The molecule has 0 saturated carbocycles. The lowest BCUT2D eigenvalue weighted by Gasteiger charge is -2.36. The number of hydrogen-bond donors (Lipinski definition) is 1. The van der Waals surface area contributed by atoms with E-state index in [1.807, 2.05) is 48.2 Å². The fourth-order valence-electron chi connectivity index (χ4n) is 4.93. The number of anilines is 2. The minimum absolute atomic E-state index is 0.120. The number of ether oxygens (including phenoxy) is 1. The Balaban J connectivity index is 1.38. The molecule has 1 aliphatic heterocycles. The molecule has 0 spiro atoms. The van der Waals surface area contributed by atoms with Gasteiger partial charge in [0.15, 0.2) is 5.82 Å². The monoisotopic (exact) mass is 521 g/mol. The number of aromatic nitrogens is 2. The molecule has 0 bridgehead atoms. The molecule has 39 heavy (non-hydrogen) atoms. The maximum absolute atomic E-state index is 13.1. The Labute approximate surface area is 230 Å². The highest BCUT2D eigenvalue weighted by Crippen LogP contribution is 2.29. The predicted octanol–water partition coefficient (Wildman–Crippen LogP) is 6.10. The van der Waals surface area contributed by atoms with Gasteiger partial charge in [0.25, 0.3) is 0 Å². The van der Waals surface area contributed by atoms with Gasteiger partial charge in [-0.15, -0.1) is 0 Å². The van der Waals surface area contributed by atoms with E-state index in [1.165, 1.54) is 11.1 Å². The highest BCUT2D eigenvalue weighted by atomic mass is 16.5. The van der Waals surface area contributed by atoms with Crippen LogP contribution in [0.1, 0.15) is 29.3 Å². The molecular formula is C32H35N5O2. The van der Waals surface area contributed by atoms with Gasteiger partial charge in [0.05, 0.1) is 12.3 Å². The van der Waals surface area contributed by atoms with Crippen LogP contribution in [0.4, 0.5) is 16.3 Å². The van der Waals surface area contributed by atoms with E-state index < -0.39 is 0 Å². The summed E-state index contributed by atoms with van der Waals surface area (Å²) in [6.07, 6.45) is 0.755. The molecule has 1 saturated heterocycles. The van der Waals surface area contributed by atoms with Crippen molar-refractivity contribution in [3.05, 3.63) is 101 Å². The molecule has 200 valence electrons. The van der Waals surface area contributed by atoms with E-state index in [0.717, 1.165) is 34.9 Å². The number of nitrogens with zero attached hydrogens (tertiary/aromatic N) is 4. The number of piperazine rings is 1. The Hall–Kier alpha value is -4.39. The van der Waals surface area contributed by atoms with Gasteiger partial charge < -0.3 is 19.9 Å². The molecule has 5 rings (SSSR count). The van der Waals surface area contributed by atoms with Gasteiger partial charge in [0.2, 0.25) is 0 Å². The van der Waals surface area contributed by atoms with Crippen molar-refractivity contribution in [1.29, 1.82) is 0 Å². The lowest BCUT2D eigenvalue weighted by Crippen LogP contribution is -2.50. The molecule has 7 heteroatoms. The Morgan fingerprint density at radius 1 is 0.897 bits per heavy atom. The number of aryl methyl sites for hydroxylation is 2. The minimum Gasteiger partial charge on any atom is -0.492 e. The average molecular weight is 522 g/mol. The SMILES string of the molecule is CCOc1ccccc1NC(=O)N1CCN(c2nc(-c3cccc(C)c3)nc(C)c2Cc2ccccc2)CC1. The van der Waals surface area contributed by atoms with Crippen LogP contribution in [0.2, 0.25) is 0 Å². The standard InChI is InChI=1S/C32H35N5O2/c1-4-39-29-16-9-8-15-28(29)34-32(38)37-19-17-36(18-20-37)31-27(22-25-12-6-5-7-13-25)24(3)33-30(35-31)26-14-10-11-23(2)21-26/h5-16,21H,4,17-20,22H2,1-3H3,(H,34,38).